The molecule has 0 heterocycles. The molecule has 167 valence electrons. The molecule has 2 unspecified atom stereocenters. The van der Waals surface area contributed by atoms with Crippen molar-refractivity contribution in [2.45, 2.75) is 71.7 Å². The van der Waals surface area contributed by atoms with Crippen LogP contribution in [0.15, 0.2) is 59.7 Å². The Kier molecular flexibility index (Phi) is 7.78. The van der Waals surface area contributed by atoms with Crippen LogP contribution in [-0.4, -0.2) is 5.92 Å². The molecule has 0 spiro atoms. The summed E-state index contributed by atoms with van der Waals surface area (Å²) in [5, 5.41) is 0. The first-order valence-electron chi connectivity index (χ1n) is 12.2. The van der Waals surface area contributed by atoms with Gasteiger partial charge in [0.1, 0.15) is 0 Å². The molecular weight excluding hydrogens is 527 g/mol. The molecule has 2 aromatic carbocycles. The monoisotopic (exact) mass is 557 g/mol. The fourth-order valence-electron chi connectivity index (χ4n) is 7.13. The van der Waals surface area contributed by atoms with Gasteiger partial charge in [0.25, 0.3) is 0 Å². The fraction of sp³-hybridized carbons (Fsp3) is 0.429. The van der Waals surface area contributed by atoms with Crippen LogP contribution in [0.25, 0.3) is 11.1 Å². The zero-order chi connectivity index (χ0) is 20.2. The molecule has 0 aromatic heterocycles. The molecular formula is C28H33Cl2SiZr. The number of rotatable bonds is 3. The van der Waals surface area contributed by atoms with Gasteiger partial charge in [-0.3, -0.25) is 0 Å². The Morgan fingerprint density at radius 2 is 1.03 bits per heavy atom. The van der Waals surface area contributed by atoms with Crippen molar-refractivity contribution in [3.05, 3.63) is 81.9 Å². The molecule has 0 N–H and O–H groups in total. The molecule has 4 aliphatic rings. The maximum Gasteiger partial charge on any atom is -1.00 e. The molecule has 0 radical (unpaired) electrons. The van der Waals surface area contributed by atoms with E-state index in [4.69, 9.17) is 0 Å². The quantitative estimate of drug-likeness (QED) is 0.503. The molecule has 0 saturated carbocycles. The van der Waals surface area contributed by atoms with Crippen molar-refractivity contribution in [1.29, 1.82) is 0 Å². The molecule has 2 atom stereocenters. The Labute approximate surface area is 215 Å². The third-order valence-electron chi connectivity index (χ3n) is 8.25. The summed E-state index contributed by atoms with van der Waals surface area (Å²) in [6.45, 7) is 5.45. The number of hydrogen-bond donors (Lipinski definition) is 0. The first-order valence-corrected chi connectivity index (χ1v) is 22.2. The molecule has 0 fully saturated rings. The van der Waals surface area contributed by atoms with E-state index in [9.17, 15) is 0 Å². The van der Waals surface area contributed by atoms with Crippen LogP contribution in [0.1, 0.15) is 80.9 Å². The van der Waals surface area contributed by atoms with Gasteiger partial charge in [-0.15, -0.1) is 0 Å². The third kappa shape index (κ3) is 3.82. The molecule has 2 aromatic rings. The van der Waals surface area contributed by atoms with Crippen LogP contribution in [0.2, 0.25) is 13.1 Å². The van der Waals surface area contributed by atoms with Crippen molar-refractivity contribution in [3.8, 4) is 0 Å². The Balaban J connectivity index is 0.00000122. The second-order valence-corrected chi connectivity index (χ2v) is 30.2. The minimum Gasteiger partial charge on any atom is -1.00 e. The SMILES string of the molecule is C[SiH](C)[Zr+2]([CH]1C2=C(CCCC2)c2ccccc21)[CH]1C2=C(CCCC2)c2ccccc21.[Cl-].[Cl-]. The summed E-state index contributed by atoms with van der Waals surface area (Å²) in [6.07, 6.45) is 11.1. The first-order chi connectivity index (χ1) is 14.8. The summed E-state index contributed by atoms with van der Waals surface area (Å²) in [5.41, 5.74) is 14.3. The van der Waals surface area contributed by atoms with Gasteiger partial charge in [0.2, 0.25) is 0 Å². The summed E-state index contributed by atoms with van der Waals surface area (Å²) in [7, 11) is 0. The number of hydrogen-bond acceptors (Lipinski definition) is 0. The molecule has 32 heavy (non-hydrogen) atoms. The molecule has 0 aliphatic heterocycles. The van der Waals surface area contributed by atoms with Crippen LogP contribution < -0.4 is 24.8 Å². The standard InChI is InChI=1S/2C13H13.C2H7Si.2ClH.Zr/c2*1-3-7-12-10(5-1)9-11-6-2-4-8-13(11)12;1-3-2;;;/h2*1,3,5,7,9H,2,4,6,8H2;3H,1-2H3;2*1H;/q;;;;;+2/p-2. The number of halogens is 2. The normalized spacial score (nSPS) is 23.1. The van der Waals surface area contributed by atoms with Crippen molar-refractivity contribution in [1.82, 2.24) is 0 Å². The Hall–Kier alpha value is -0.400. The molecule has 4 aliphatic carbocycles. The summed E-state index contributed by atoms with van der Waals surface area (Å²) in [4.78, 5) is 0. The van der Waals surface area contributed by atoms with Gasteiger partial charge in [-0.25, -0.2) is 0 Å². The number of allylic oxidation sites excluding steroid dienone is 4. The molecule has 0 bridgehead atoms. The topological polar surface area (TPSA) is 0 Å². The molecule has 0 saturated heterocycles. The van der Waals surface area contributed by atoms with E-state index >= 15 is 0 Å². The maximum atomic E-state index is 2.72. The van der Waals surface area contributed by atoms with Gasteiger partial charge in [-0.1, -0.05) is 0 Å². The largest absolute Gasteiger partial charge is 1.00 e. The molecule has 0 nitrogen and oxygen atoms in total. The van der Waals surface area contributed by atoms with Gasteiger partial charge in [-0.05, 0) is 0 Å². The van der Waals surface area contributed by atoms with Crippen molar-refractivity contribution >= 4 is 17.1 Å². The van der Waals surface area contributed by atoms with E-state index in [-0.39, 0.29) is 24.8 Å². The van der Waals surface area contributed by atoms with Crippen molar-refractivity contribution < 1.29 is 45.7 Å². The maximum absolute atomic E-state index is 2.72. The summed E-state index contributed by atoms with van der Waals surface area (Å²) >= 11 is -1.82. The van der Waals surface area contributed by atoms with Crippen molar-refractivity contribution in [2.24, 2.45) is 0 Å². The average Bonchev–Trinajstić information content (AvgIpc) is 3.29. The Morgan fingerprint density at radius 3 is 1.47 bits per heavy atom. The predicted octanol–water partition coefficient (Wildman–Crippen LogP) is 1.76. The van der Waals surface area contributed by atoms with E-state index in [0.29, 0.717) is 0 Å². The van der Waals surface area contributed by atoms with Crippen LogP contribution in [-0.2, 0) is 20.9 Å². The zero-order valence-corrected chi connectivity index (χ0v) is 24.4. The van der Waals surface area contributed by atoms with E-state index in [1.54, 1.807) is 33.4 Å². The van der Waals surface area contributed by atoms with Crippen LogP contribution >= 0.6 is 0 Å². The van der Waals surface area contributed by atoms with Gasteiger partial charge >= 0.3 is 192 Å². The van der Waals surface area contributed by atoms with Crippen LogP contribution in [0.3, 0.4) is 0 Å². The third-order valence-corrected chi connectivity index (χ3v) is 29.9. The van der Waals surface area contributed by atoms with Gasteiger partial charge in [0.05, 0.1) is 0 Å². The fourth-order valence-corrected chi connectivity index (χ4v) is 30.2. The van der Waals surface area contributed by atoms with Crippen LogP contribution in [0.5, 0.6) is 0 Å². The van der Waals surface area contributed by atoms with Crippen molar-refractivity contribution in [3.63, 3.8) is 0 Å². The second kappa shape index (κ2) is 10.1. The Bertz CT molecular complexity index is 989. The minimum atomic E-state index is -1.82. The predicted molar refractivity (Wildman–Crippen MR) is 128 cm³/mol. The average molecular weight is 560 g/mol. The van der Waals surface area contributed by atoms with Gasteiger partial charge in [0.15, 0.2) is 0 Å². The van der Waals surface area contributed by atoms with E-state index in [2.05, 4.69) is 61.6 Å². The van der Waals surface area contributed by atoms with Crippen molar-refractivity contribution in [2.75, 3.05) is 0 Å². The molecule has 0 amide bonds. The number of benzene rings is 2. The van der Waals surface area contributed by atoms with Gasteiger partial charge < -0.3 is 24.8 Å². The van der Waals surface area contributed by atoms with E-state index in [1.165, 1.54) is 51.4 Å². The van der Waals surface area contributed by atoms with Gasteiger partial charge in [0, 0.05) is 0 Å². The van der Waals surface area contributed by atoms with E-state index in [0.717, 1.165) is 7.25 Å². The smallest absolute Gasteiger partial charge is 1.00 e. The first kappa shape index (κ1) is 24.7. The summed E-state index contributed by atoms with van der Waals surface area (Å²) in [6, 6.07) is 19.3. The van der Waals surface area contributed by atoms with E-state index < -0.39 is 26.8 Å². The van der Waals surface area contributed by atoms with E-state index in [1.807, 2.05) is 11.1 Å². The Morgan fingerprint density at radius 1 is 0.625 bits per heavy atom. The zero-order valence-electron chi connectivity index (χ0n) is 19.3. The van der Waals surface area contributed by atoms with Crippen LogP contribution in [0, 0.1) is 0 Å². The summed E-state index contributed by atoms with van der Waals surface area (Å²) < 4.78 is 1.75. The van der Waals surface area contributed by atoms with Crippen LogP contribution in [0.4, 0.5) is 0 Å². The van der Waals surface area contributed by atoms with Gasteiger partial charge in [-0.2, -0.15) is 0 Å². The second-order valence-electron chi connectivity index (χ2n) is 10.1. The molecule has 6 rings (SSSR count). The minimum absolute atomic E-state index is 0. The number of fused-ring (bicyclic) bond motifs is 4. The summed E-state index contributed by atoms with van der Waals surface area (Å²) in [5.74, 6) is -0.714. The molecule has 4 heteroatoms.